The molecule has 160 valence electrons. The summed E-state index contributed by atoms with van der Waals surface area (Å²) >= 11 is 0. The van der Waals surface area contributed by atoms with Crippen LogP contribution in [-0.2, 0) is 9.84 Å². The van der Waals surface area contributed by atoms with Gasteiger partial charge in [-0.05, 0) is 49.8 Å². The van der Waals surface area contributed by atoms with Crippen molar-refractivity contribution in [3.63, 3.8) is 0 Å². The molecule has 1 atom stereocenters. The van der Waals surface area contributed by atoms with Crippen LogP contribution in [0.2, 0.25) is 0 Å². The number of carbonyl (C=O) groups is 1. The third kappa shape index (κ3) is 4.21. The first-order chi connectivity index (χ1) is 14.3. The summed E-state index contributed by atoms with van der Waals surface area (Å²) in [4.78, 5) is 13.2. The summed E-state index contributed by atoms with van der Waals surface area (Å²) in [6, 6.07) is 8.33. The maximum Gasteiger partial charge on any atom is 0.252 e. The van der Waals surface area contributed by atoms with Crippen molar-refractivity contribution in [3.05, 3.63) is 41.7 Å². The molecule has 1 heterocycles. The minimum atomic E-state index is -3.39. The minimum Gasteiger partial charge on any atom is -0.339 e. The van der Waals surface area contributed by atoms with E-state index in [1.165, 1.54) is 18.6 Å². The van der Waals surface area contributed by atoms with Gasteiger partial charge in [0.05, 0.1) is 17.2 Å². The van der Waals surface area contributed by atoms with E-state index in [2.05, 4.69) is 16.9 Å². The zero-order valence-electron chi connectivity index (χ0n) is 17.1. The summed E-state index contributed by atoms with van der Waals surface area (Å²) in [5.41, 5.74) is 5.87. The van der Waals surface area contributed by atoms with Gasteiger partial charge in [-0.25, -0.2) is 18.9 Å². The molecule has 4 N–H and O–H groups in total. The minimum absolute atomic E-state index is 0.133. The van der Waals surface area contributed by atoms with Gasteiger partial charge in [0.2, 0.25) is 0 Å². The molecule has 4 rings (SSSR count). The summed E-state index contributed by atoms with van der Waals surface area (Å²) in [6.07, 6.45) is 10.3. The normalized spacial score (nSPS) is 22.1. The van der Waals surface area contributed by atoms with Gasteiger partial charge in [-0.1, -0.05) is 30.9 Å². The van der Waals surface area contributed by atoms with Gasteiger partial charge in [0, 0.05) is 11.8 Å². The standard InChI is InChI=1S/C21H27N5O3S/c1-30(28,29)17-9-5-8-16(12-17)20(27)23-19(15-6-3-2-4-7-15)18-13-26(25-24-18)21(14-22)10-11-21/h5,8-9,12-13,15,19,24-25H,2-4,6-7,10-11H2,1H3,(H,23,27)/p+1/t19-/m0/s1. The van der Waals surface area contributed by atoms with Crippen LogP contribution in [0.3, 0.4) is 0 Å². The van der Waals surface area contributed by atoms with E-state index in [4.69, 9.17) is 0 Å². The molecule has 0 aromatic heterocycles. The number of sulfone groups is 1. The van der Waals surface area contributed by atoms with Crippen LogP contribution in [-0.4, -0.2) is 37.2 Å². The van der Waals surface area contributed by atoms with E-state index < -0.39 is 15.4 Å². The summed E-state index contributed by atoms with van der Waals surface area (Å²) in [5.74, 6) is 0.0209. The van der Waals surface area contributed by atoms with Gasteiger partial charge in [0.15, 0.2) is 15.5 Å². The molecule has 0 unspecified atom stereocenters. The van der Waals surface area contributed by atoms with Gasteiger partial charge in [-0.2, -0.15) is 5.26 Å². The SMILES string of the molecule is CS(=O)(=O)c1cccc(C(=O)N[C@H](C2=CN(C3(C#N)CC3)N[NH2+]2)C2CCCCC2)c1. The molecule has 0 saturated heterocycles. The van der Waals surface area contributed by atoms with Gasteiger partial charge in [-0.15, -0.1) is 0 Å². The fraction of sp³-hybridized carbons (Fsp3) is 0.524. The number of nitrogens with two attached hydrogens (primary N) is 1. The molecule has 0 spiro atoms. The quantitative estimate of drug-likeness (QED) is 0.579. The Hall–Kier alpha value is -2.41. The number of hydrazine groups is 1. The second kappa shape index (κ2) is 8.02. The van der Waals surface area contributed by atoms with Crippen LogP contribution in [0.15, 0.2) is 41.1 Å². The third-order valence-electron chi connectivity index (χ3n) is 6.33. The number of carbonyl (C=O) groups excluding carboxylic acids is 1. The molecule has 2 aliphatic carbocycles. The van der Waals surface area contributed by atoms with Gasteiger partial charge < -0.3 is 5.32 Å². The van der Waals surface area contributed by atoms with Gasteiger partial charge in [-0.3, -0.25) is 4.79 Å². The third-order valence-corrected chi connectivity index (χ3v) is 7.44. The van der Waals surface area contributed by atoms with Crippen LogP contribution in [0.1, 0.15) is 55.3 Å². The molecule has 8 nitrogen and oxygen atoms in total. The van der Waals surface area contributed by atoms with Crippen molar-refractivity contribution in [2.24, 2.45) is 5.92 Å². The lowest BCUT2D eigenvalue weighted by Crippen LogP contribution is -2.93. The van der Waals surface area contributed by atoms with Crippen LogP contribution in [0.25, 0.3) is 0 Å². The average molecular weight is 431 g/mol. The zero-order chi connectivity index (χ0) is 21.4. The first-order valence-corrected chi connectivity index (χ1v) is 12.3. The van der Waals surface area contributed by atoms with E-state index >= 15 is 0 Å². The fourth-order valence-electron chi connectivity index (χ4n) is 4.34. The number of nitrogens with one attached hydrogen (secondary N) is 2. The number of nitriles is 1. The van der Waals surface area contributed by atoms with Gasteiger partial charge >= 0.3 is 0 Å². The Balaban J connectivity index is 1.57. The van der Waals surface area contributed by atoms with Crippen molar-refractivity contribution in [1.29, 1.82) is 5.26 Å². The van der Waals surface area contributed by atoms with E-state index in [0.29, 0.717) is 11.5 Å². The lowest BCUT2D eigenvalue weighted by Gasteiger charge is -2.29. The molecule has 0 bridgehead atoms. The summed E-state index contributed by atoms with van der Waals surface area (Å²) in [5, 5.41) is 14.5. The van der Waals surface area contributed by atoms with E-state index in [1.54, 1.807) is 12.1 Å². The monoisotopic (exact) mass is 430 g/mol. The maximum atomic E-state index is 13.0. The van der Waals surface area contributed by atoms with E-state index in [0.717, 1.165) is 50.5 Å². The van der Waals surface area contributed by atoms with Crippen molar-refractivity contribution in [2.45, 2.75) is 61.4 Å². The first kappa shape index (κ1) is 20.8. The summed E-state index contributed by atoms with van der Waals surface area (Å²) < 4.78 is 23.7. The lowest BCUT2D eigenvalue weighted by molar-refractivity contribution is -0.680. The Morgan fingerprint density at radius 2 is 2.07 bits per heavy atom. The number of benzene rings is 1. The number of amides is 1. The van der Waals surface area contributed by atoms with Crippen LogP contribution in [0.4, 0.5) is 0 Å². The second-order valence-electron chi connectivity index (χ2n) is 8.57. The van der Waals surface area contributed by atoms with Crippen molar-refractivity contribution in [1.82, 2.24) is 15.9 Å². The van der Waals surface area contributed by atoms with Crippen LogP contribution in [0.5, 0.6) is 0 Å². The Morgan fingerprint density at radius 1 is 1.33 bits per heavy atom. The van der Waals surface area contributed by atoms with Crippen LogP contribution >= 0.6 is 0 Å². The molecule has 1 aromatic rings. The van der Waals surface area contributed by atoms with Crippen LogP contribution in [0, 0.1) is 17.2 Å². The van der Waals surface area contributed by atoms with Crippen molar-refractivity contribution < 1.29 is 18.6 Å². The Bertz CT molecular complexity index is 1000. The molecule has 2 fully saturated rings. The zero-order valence-corrected chi connectivity index (χ0v) is 17.9. The topological polar surface area (TPSA) is 119 Å². The number of nitrogens with zero attached hydrogens (tertiary/aromatic N) is 2. The number of hydrogen-bond donors (Lipinski definition) is 3. The maximum absolute atomic E-state index is 13.0. The molecule has 3 aliphatic rings. The molecule has 2 saturated carbocycles. The largest absolute Gasteiger partial charge is 0.339 e. The highest BCUT2D eigenvalue weighted by molar-refractivity contribution is 7.90. The first-order valence-electron chi connectivity index (χ1n) is 10.5. The van der Waals surface area contributed by atoms with Crippen molar-refractivity contribution in [3.8, 4) is 6.07 Å². The van der Waals surface area contributed by atoms with E-state index in [-0.39, 0.29) is 16.8 Å². The lowest BCUT2D eigenvalue weighted by atomic mass is 9.82. The molecular weight excluding hydrogens is 402 g/mol. The van der Waals surface area contributed by atoms with E-state index in [9.17, 15) is 18.5 Å². The molecular formula is C21H28N5O3S+. The van der Waals surface area contributed by atoms with E-state index in [1.807, 2.05) is 16.6 Å². The molecule has 30 heavy (non-hydrogen) atoms. The van der Waals surface area contributed by atoms with Crippen molar-refractivity contribution in [2.75, 3.05) is 6.26 Å². The smallest absolute Gasteiger partial charge is 0.252 e. The summed E-state index contributed by atoms with van der Waals surface area (Å²) in [6.45, 7) is 0. The number of quaternary nitrogens is 1. The van der Waals surface area contributed by atoms with Gasteiger partial charge in [0.25, 0.3) is 5.91 Å². The van der Waals surface area contributed by atoms with Crippen molar-refractivity contribution >= 4 is 15.7 Å². The van der Waals surface area contributed by atoms with Crippen LogP contribution < -0.4 is 16.3 Å². The fourth-order valence-corrected chi connectivity index (χ4v) is 5.01. The number of hydrogen-bond acceptors (Lipinski definition) is 6. The molecule has 1 aliphatic heterocycles. The predicted molar refractivity (Wildman–Crippen MR) is 110 cm³/mol. The highest BCUT2D eigenvalue weighted by Crippen LogP contribution is 2.41. The Kier molecular flexibility index (Phi) is 5.57. The highest BCUT2D eigenvalue weighted by atomic mass is 32.2. The molecule has 1 aromatic carbocycles. The predicted octanol–water partition coefficient (Wildman–Crippen LogP) is 0.965. The molecule has 9 heteroatoms. The number of rotatable bonds is 6. The molecule has 1 amide bonds. The Morgan fingerprint density at radius 3 is 2.70 bits per heavy atom. The average Bonchev–Trinajstić information content (AvgIpc) is 3.40. The molecule has 0 radical (unpaired) electrons. The Labute approximate surface area is 177 Å². The second-order valence-corrected chi connectivity index (χ2v) is 10.6. The summed E-state index contributed by atoms with van der Waals surface area (Å²) in [7, 11) is -3.39. The van der Waals surface area contributed by atoms with Gasteiger partial charge in [0.1, 0.15) is 11.6 Å². The highest BCUT2D eigenvalue weighted by Gasteiger charge is 2.51.